The van der Waals surface area contributed by atoms with E-state index in [4.69, 9.17) is 9.15 Å². The summed E-state index contributed by atoms with van der Waals surface area (Å²) in [5.74, 6) is 1.06. The maximum Gasteiger partial charge on any atom is 0.408 e. The SMILES string of the molecule is CCC1C(C)CCN1C(=O)c1coc(CNC(=O)OC(C)(C)C)c1. The summed E-state index contributed by atoms with van der Waals surface area (Å²) < 4.78 is 10.6. The van der Waals surface area contributed by atoms with E-state index < -0.39 is 11.7 Å². The van der Waals surface area contributed by atoms with E-state index in [2.05, 4.69) is 19.2 Å². The summed E-state index contributed by atoms with van der Waals surface area (Å²) in [6, 6.07) is 1.98. The van der Waals surface area contributed by atoms with Crippen molar-refractivity contribution in [3.63, 3.8) is 0 Å². The third-order valence-corrected chi connectivity index (χ3v) is 4.27. The molecule has 0 bridgehead atoms. The largest absolute Gasteiger partial charge is 0.467 e. The lowest BCUT2D eigenvalue weighted by Gasteiger charge is -2.25. The topological polar surface area (TPSA) is 71.8 Å². The van der Waals surface area contributed by atoms with E-state index in [9.17, 15) is 9.59 Å². The van der Waals surface area contributed by atoms with Gasteiger partial charge in [-0.1, -0.05) is 13.8 Å². The Labute approximate surface area is 143 Å². The van der Waals surface area contributed by atoms with Gasteiger partial charge in [0.2, 0.25) is 0 Å². The highest BCUT2D eigenvalue weighted by molar-refractivity contribution is 5.94. The fourth-order valence-electron chi connectivity index (χ4n) is 3.11. The predicted molar refractivity (Wildman–Crippen MR) is 90.7 cm³/mol. The smallest absolute Gasteiger partial charge is 0.408 e. The summed E-state index contributed by atoms with van der Waals surface area (Å²) in [6.45, 7) is 10.7. The van der Waals surface area contributed by atoms with E-state index in [1.165, 1.54) is 6.26 Å². The van der Waals surface area contributed by atoms with Gasteiger partial charge in [-0.15, -0.1) is 0 Å². The molecule has 0 aliphatic carbocycles. The van der Waals surface area contributed by atoms with Gasteiger partial charge >= 0.3 is 6.09 Å². The van der Waals surface area contributed by atoms with Crippen LogP contribution in [-0.4, -0.2) is 35.1 Å². The van der Waals surface area contributed by atoms with Crippen LogP contribution in [0.25, 0.3) is 0 Å². The second-order valence-corrected chi connectivity index (χ2v) is 7.40. The van der Waals surface area contributed by atoms with Crippen molar-refractivity contribution < 1.29 is 18.7 Å². The number of nitrogens with zero attached hydrogens (tertiary/aromatic N) is 1. The first-order valence-electron chi connectivity index (χ1n) is 8.56. The zero-order chi connectivity index (χ0) is 17.9. The van der Waals surface area contributed by atoms with Crippen LogP contribution in [0.1, 0.15) is 63.6 Å². The van der Waals surface area contributed by atoms with Gasteiger partial charge in [0.05, 0.1) is 12.1 Å². The Morgan fingerprint density at radius 3 is 2.75 bits per heavy atom. The number of amides is 2. The molecule has 2 heterocycles. The summed E-state index contributed by atoms with van der Waals surface area (Å²) in [7, 11) is 0. The van der Waals surface area contributed by atoms with Crippen molar-refractivity contribution >= 4 is 12.0 Å². The number of hydrogen-bond donors (Lipinski definition) is 1. The number of furan rings is 1. The number of hydrogen-bond acceptors (Lipinski definition) is 4. The lowest BCUT2D eigenvalue weighted by molar-refractivity contribution is 0.0519. The molecular formula is C18H28N2O4. The van der Waals surface area contributed by atoms with Crippen LogP contribution in [0.15, 0.2) is 16.7 Å². The molecule has 0 aromatic carbocycles. The average Bonchev–Trinajstić information content (AvgIpc) is 3.09. The van der Waals surface area contributed by atoms with Crippen LogP contribution >= 0.6 is 0 Å². The second kappa shape index (κ2) is 7.28. The Morgan fingerprint density at radius 1 is 1.42 bits per heavy atom. The first kappa shape index (κ1) is 18.4. The molecule has 24 heavy (non-hydrogen) atoms. The quantitative estimate of drug-likeness (QED) is 0.912. The third-order valence-electron chi connectivity index (χ3n) is 4.27. The Balaban J connectivity index is 1.93. The molecule has 2 unspecified atom stereocenters. The van der Waals surface area contributed by atoms with Crippen LogP contribution < -0.4 is 5.32 Å². The molecule has 1 saturated heterocycles. The maximum atomic E-state index is 12.7. The molecule has 6 nitrogen and oxygen atoms in total. The van der Waals surface area contributed by atoms with Crippen molar-refractivity contribution in [3.8, 4) is 0 Å². The van der Waals surface area contributed by atoms with Crippen molar-refractivity contribution in [3.05, 3.63) is 23.7 Å². The molecule has 1 aromatic heterocycles. The highest BCUT2D eigenvalue weighted by atomic mass is 16.6. The number of likely N-dealkylation sites (tertiary alicyclic amines) is 1. The van der Waals surface area contributed by atoms with Gasteiger partial charge in [0.1, 0.15) is 17.6 Å². The van der Waals surface area contributed by atoms with Gasteiger partial charge in [-0.05, 0) is 45.6 Å². The van der Waals surface area contributed by atoms with Gasteiger partial charge in [0.25, 0.3) is 5.91 Å². The highest BCUT2D eigenvalue weighted by Crippen LogP contribution is 2.28. The zero-order valence-electron chi connectivity index (χ0n) is 15.2. The molecule has 0 spiro atoms. The van der Waals surface area contributed by atoms with Gasteiger partial charge in [-0.2, -0.15) is 0 Å². The van der Waals surface area contributed by atoms with Crippen molar-refractivity contribution in [2.24, 2.45) is 5.92 Å². The van der Waals surface area contributed by atoms with Gasteiger partial charge in [0, 0.05) is 12.6 Å². The minimum absolute atomic E-state index is 0.00142. The maximum absolute atomic E-state index is 12.7. The monoisotopic (exact) mass is 336 g/mol. The summed E-state index contributed by atoms with van der Waals surface area (Å²) in [6.07, 6.45) is 2.95. The molecule has 1 aliphatic heterocycles. The van der Waals surface area contributed by atoms with Gasteiger partial charge in [-0.3, -0.25) is 4.79 Å². The van der Waals surface area contributed by atoms with Crippen molar-refractivity contribution in [1.82, 2.24) is 10.2 Å². The van der Waals surface area contributed by atoms with E-state index in [1.54, 1.807) is 26.8 Å². The fourth-order valence-corrected chi connectivity index (χ4v) is 3.11. The first-order chi connectivity index (χ1) is 11.2. The van der Waals surface area contributed by atoms with E-state index in [-0.39, 0.29) is 18.5 Å². The third kappa shape index (κ3) is 4.52. The second-order valence-electron chi connectivity index (χ2n) is 7.40. The number of nitrogens with one attached hydrogen (secondary N) is 1. The lowest BCUT2D eigenvalue weighted by Crippen LogP contribution is -2.36. The van der Waals surface area contributed by atoms with E-state index in [0.29, 0.717) is 17.2 Å². The van der Waals surface area contributed by atoms with E-state index >= 15 is 0 Å². The van der Waals surface area contributed by atoms with Gasteiger partial charge in [-0.25, -0.2) is 4.79 Å². The Bertz CT molecular complexity index is 588. The van der Waals surface area contributed by atoms with E-state index in [1.807, 2.05) is 4.90 Å². The summed E-state index contributed by atoms with van der Waals surface area (Å²) in [5, 5.41) is 2.62. The Kier molecular flexibility index (Phi) is 5.57. The molecule has 2 rings (SSSR count). The number of alkyl carbamates (subject to hydrolysis) is 1. The van der Waals surface area contributed by atoms with Crippen molar-refractivity contribution in [1.29, 1.82) is 0 Å². The molecule has 1 N–H and O–H groups in total. The molecule has 2 amide bonds. The molecule has 1 aromatic rings. The normalized spacial score (nSPS) is 21.0. The molecule has 0 radical (unpaired) electrons. The van der Waals surface area contributed by atoms with Crippen LogP contribution in [0.3, 0.4) is 0 Å². The molecule has 1 fully saturated rings. The minimum Gasteiger partial charge on any atom is -0.467 e. The molecular weight excluding hydrogens is 308 g/mol. The molecule has 134 valence electrons. The average molecular weight is 336 g/mol. The van der Waals surface area contributed by atoms with Gasteiger partial charge < -0.3 is 19.4 Å². The fraction of sp³-hybridized carbons (Fsp3) is 0.667. The molecule has 6 heteroatoms. The minimum atomic E-state index is -0.546. The Hall–Kier alpha value is -1.98. The van der Waals surface area contributed by atoms with Crippen LogP contribution in [0.2, 0.25) is 0 Å². The summed E-state index contributed by atoms with van der Waals surface area (Å²) >= 11 is 0. The van der Waals surface area contributed by atoms with Crippen LogP contribution in [0.5, 0.6) is 0 Å². The Morgan fingerprint density at radius 2 is 2.12 bits per heavy atom. The zero-order valence-corrected chi connectivity index (χ0v) is 15.2. The van der Waals surface area contributed by atoms with Crippen molar-refractivity contribution in [2.45, 2.75) is 65.6 Å². The van der Waals surface area contributed by atoms with E-state index in [0.717, 1.165) is 19.4 Å². The molecule has 1 aliphatic rings. The molecule has 2 atom stereocenters. The van der Waals surface area contributed by atoms with Crippen LogP contribution in [0.4, 0.5) is 4.79 Å². The lowest BCUT2D eigenvalue weighted by atomic mass is 10.0. The highest BCUT2D eigenvalue weighted by Gasteiger charge is 2.34. The first-order valence-corrected chi connectivity index (χ1v) is 8.56. The number of rotatable bonds is 4. The number of carbonyl (C=O) groups is 2. The number of ether oxygens (including phenoxy) is 1. The standard InChI is InChI=1S/C18H28N2O4/c1-6-15-12(2)7-8-20(15)16(21)13-9-14(23-11-13)10-19-17(22)24-18(3,4)5/h9,11-12,15H,6-8,10H2,1-5H3,(H,19,22). The van der Waals surface area contributed by atoms with Crippen LogP contribution in [-0.2, 0) is 11.3 Å². The summed E-state index contributed by atoms with van der Waals surface area (Å²) in [4.78, 5) is 26.2. The van der Waals surface area contributed by atoms with Crippen molar-refractivity contribution in [2.75, 3.05) is 6.54 Å². The number of carbonyl (C=O) groups excluding carboxylic acids is 2. The van der Waals surface area contributed by atoms with Gasteiger partial charge in [0.15, 0.2) is 0 Å². The molecule has 0 saturated carbocycles. The summed E-state index contributed by atoms with van der Waals surface area (Å²) in [5.41, 5.74) is -0.0146. The predicted octanol–water partition coefficient (Wildman–Crippen LogP) is 3.56. The van der Waals surface area contributed by atoms with Crippen LogP contribution in [0, 0.1) is 5.92 Å².